The van der Waals surface area contributed by atoms with Gasteiger partial charge >= 0.3 is 0 Å². The van der Waals surface area contributed by atoms with Crippen molar-refractivity contribution >= 4 is 22.4 Å². The Bertz CT molecular complexity index is 1080. The highest BCUT2D eigenvalue weighted by molar-refractivity contribution is 7.19. The van der Waals surface area contributed by atoms with Gasteiger partial charge in [-0.2, -0.15) is 0 Å². The Morgan fingerprint density at radius 1 is 1.06 bits per heavy atom. The molecule has 180 valence electrons. The van der Waals surface area contributed by atoms with Crippen LogP contribution in [0, 0.1) is 0 Å². The highest BCUT2D eigenvalue weighted by Gasteiger charge is 2.12. The lowest BCUT2D eigenvalue weighted by Crippen LogP contribution is -2.21. The Morgan fingerprint density at radius 3 is 2.56 bits per heavy atom. The van der Waals surface area contributed by atoms with Gasteiger partial charge in [0.05, 0.1) is 32.1 Å². The molecular formula is C26H31N3O4S. The molecule has 2 aromatic carbocycles. The number of hydrogen-bond acceptors (Lipinski definition) is 7. The summed E-state index contributed by atoms with van der Waals surface area (Å²) in [5, 5.41) is 3.46. The summed E-state index contributed by atoms with van der Waals surface area (Å²) in [6.45, 7) is 4.29. The number of hydrogen-bond donors (Lipinski definition) is 1. The number of aromatic nitrogens is 1. The van der Waals surface area contributed by atoms with E-state index in [-0.39, 0.29) is 12.3 Å². The van der Waals surface area contributed by atoms with Crippen LogP contribution in [0.25, 0.3) is 10.4 Å². The minimum Gasteiger partial charge on any atom is -0.494 e. The number of carbonyl (C=O) groups is 1. The van der Waals surface area contributed by atoms with Gasteiger partial charge in [-0.05, 0) is 79.9 Å². The average molecular weight is 482 g/mol. The molecule has 0 spiro atoms. The Labute approximate surface area is 204 Å². The molecule has 0 bridgehead atoms. The van der Waals surface area contributed by atoms with E-state index >= 15 is 0 Å². The van der Waals surface area contributed by atoms with Gasteiger partial charge in [-0.25, -0.2) is 4.98 Å². The third-order valence-electron chi connectivity index (χ3n) is 5.79. The molecule has 1 N–H and O–H groups in total. The predicted octanol–water partition coefficient (Wildman–Crippen LogP) is 4.87. The Balaban J connectivity index is 1.26. The van der Waals surface area contributed by atoms with Gasteiger partial charge < -0.3 is 24.4 Å². The van der Waals surface area contributed by atoms with Crippen LogP contribution >= 0.6 is 11.3 Å². The molecule has 0 aliphatic carbocycles. The number of benzene rings is 2. The molecule has 0 unspecified atom stereocenters. The molecule has 3 aromatic rings. The largest absolute Gasteiger partial charge is 0.494 e. The molecule has 1 aromatic heterocycles. The van der Waals surface area contributed by atoms with Gasteiger partial charge in [-0.3, -0.25) is 4.79 Å². The van der Waals surface area contributed by atoms with Gasteiger partial charge in [0.1, 0.15) is 5.75 Å². The summed E-state index contributed by atoms with van der Waals surface area (Å²) in [6.07, 6.45) is 5.69. The van der Waals surface area contributed by atoms with Crippen molar-refractivity contribution in [2.24, 2.45) is 0 Å². The minimum atomic E-state index is -0.134. The first-order valence-corrected chi connectivity index (χ1v) is 12.4. The first-order valence-electron chi connectivity index (χ1n) is 11.6. The van der Waals surface area contributed by atoms with E-state index in [9.17, 15) is 4.79 Å². The lowest BCUT2D eigenvalue weighted by Gasteiger charge is -2.14. The van der Waals surface area contributed by atoms with Gasteiger partial charge in [0.25, 0.3) is 0 Å². The van der Waals surface area contributed by atoms with Crippen LogP contribution in [-0.2, 0) is 11.2 Å². The number of methoxy groups -OCH3 is 2. The van der Waals surface area contributed by atoms with E-state index in [0.717, 1.165) is 41.3 Å². The summed E-state index contributed by atoms with van der Waals surface area (Å²) >= 11 is 1.45. The standard InChI is InChI=1S/C26H31N3O4S/c1-31-22-11-6-19(16-23(22)32-2)17-25(30)28-26-27-18-24(34-26)20-7-9-21(10-8-20)33-15-5-14-29-12-3-4-13-29/h6-11,16,18H,3-5,12-15,17H2,1-2H3,(H,27,28,30). The summed E-state index contributed by atoms with van der Waals surface area (Å²) < 4.78 is 16.4. The normalized spacial score (nSPS) is 13.6. The fourth-order valence-corrected chi connectivity index (χ4v) is 4.84. The number of nitrogens with one attached hydrogen (secondary N) is 1. The van der Waals surface area contributed by atoms with Crippen molar-refractivity contribution in [1.29, 1.82) is 0 Å². The number of thiazole rings is 1. The van der Waals surface area contributed by atoms with E-state index in [0.29, 0.717) is 16.6 Å². The molecule has 0 saturated carbocycles. The Hall–Kier alpha value is -3.10. The van der Waals surface area contributed by atoms with Crippen molar-refractivity contribution in [1.82, 2.24) is 9.88 Å². The van der Waals surface area contributed by atoms with E-state index < -0.39 is 0 Å². The van der Waals surface area contributed by atoms with Gasteiger partial charge in [0, 0.05) is 12.7 Å². The van der Waals surface area contributed by atoms with E-state index in [4.69, 9.17) is 14.2 Å². The van der Waals surface area contributed by atoms with E-state index in [1.807, 2.05) is 36.4 Å². The molecule has 1 aliphatic rings. The third kappa shape index (κ3) is 6.48. The van der Waals surface area contributed by atoms with Crippen LogP contribution in [0.3, 0.4) is 0 Å². The predicted molar refractivity (Wildman–Crippen MR) is 135 cm³/mol. The van der Waals surface area contributed by atoms with Crippen molar-refractivity contribution < 1.29 is 19.0 Å². The Morgan fingerprint density at radius 2 is 1.82 bits per heavy atom. The molecular weight excluding hydrogens is 450 g/mol. The third-order valence-corrected chi connectivity index (χ3v) is 6.75. The van der Waals surface area contributed by atoms with Crippen molar-refractivity contribution in [2.45, 2.75) is 25.7 Å². The number of rotatable bonds is 11. The van der Waals surface area contributed by atoms with Crippen molar-refractivity contribution in [3.8, 4) is 27.7 Å². The molecule has 1 amide bonds. The summed E-state index contributed by atoms with van der Waals surface area (Å²) in [4.78, 5) is 20.4. The van der Waals surface area contributed by atoms with Crippen LogP contribution in [0.15, 0.2) is 48.7 Å². The lowest BCUT2D eigenvalue weighted by atomic mass is 10.1. The fraction of sp³-hybridized carbons (Fsp3) is 0.385. The van der Waals surface area contributed by atoms with Crippen LogP contribution in [-0.4, -0.2) is 56.3 Å². The van der Waals surface area contributed by atoms with Gasteiger partial charge in [-0.15, -0.1) is 0 Å². The van der Waals surface area contributed by atoms with E-state index in [2.05, 4.69) is 15.2 Å². The summed E-state index contributed by atoms with van der Waals surface area (Å²) in [7, 11) is 3.16. The molecule has 0 radical (unpaired) electrons. The molecule has 4 rings (SSSR count). The second kappa shape index (κ2) is 11.9. The monoisotopic (exact) mass is 481 g/mol. The molecule has 34 heavy (non-hydrogen) atoms. The highest BCUT2D eigenvalue weighted by atomic mass is 32.1. The number of carbonyl (C=O) groups excluding carboxylic acids is 1. The molecule has 0 atom stereocenters. The van der Waals surface area contributed by atoms with Crippen LogP contribution in [0.4, 0.5) is 5.13 Å². The van der Waals surface area contributed by atoms with Crippen LogP contribution in [0.1, 0.15) is 24.8 Å². The number of ether oxygens (including phenoxy) is 3. The van der Waals surface area contributed by atoms with E-state index in [1.54, 1.807) is 26.5 Å². The SMILES string of the molecule is COc1ccc(CC(=O)Nc2ncc(-c3ccc(OCCCN4CCCC4)cc3)s2)cc1OC. The number of nitrogens with zero attached hydrogens (tertiary/aromatic N) is 2. The second-order valence-corrected chi connectivity index (χ2v) is 9.25. The molecule has 1 saturated heterocycles. The number of likely N-dealkylation sites (tertiary alicyclic amines) is 1. The van der Waals surface area contributed by atoms with E-state index in [1.165, 1.54) is 37.3 Å². The summed E-state index contributed by atoms with van der Waals surface area (Å²) in [6, 6.07) is 13.5. The van der Waals surface area contributed by atoms with Gasteiger partial charge in [-0.1, -0.05) is 17.4 Å². The fourth-order valence-electron chi connectivity index (χ4n) is 4.00. The molecule has 2 heterocycles. The quantitative estimate of drug-likeness (QED) is 0.394. The maximum Gasteiger partial charge on any atom is 0.230 e. The number of amides is 1. The smallest absolute Gasteiger partial charge is 0.230 e. The van der Waals surface area contributed by atoms with Crippen molar-refractivity contribution in [2.75, 3.05) is 45.8 Å². The summed E-state index contributed by atoms with van der Waals surface area (Å²) in [5.41, 5.74) is 1.88. The minimum absolute atomic E-state index is 0.134. The topological polar surface area (TPSA) is 72.9 Å². The van der Waals surface area contributed by atoms with Crippen molar-refractivity contribution in [3.05, 3.63) is 54.2 Å². The first kappa shape index (κ1) is 24.0. The Kier molecular flexibility index (Phi) is 8.38. The highest BCUT2D eigenvalue weighted by Crippen LogP contribution is 2.31. The van der Waals surface area contributed by atoms with Crippen LogP contribution in [0.2, 0.25) is 0 Å². The lowest BCUT2D eigenvalue weighted by molar-refractivity contribution is -0.115. The van der Waals surface area contributed by atoms with Crippen molar-refractivity contribution in [3.63, 3.8) is 0 Å². The zero-order valence-electron chi connectivity index (χ0n) is 19.7. The number of anilines is 1. The molecule has 7 nitrogen and oxygen atoms in total. The van der Waals surface area contributed by atoms with Crippen LogP contribution in [0.5, 0.6) is 17.2 Å². The average Bonchev–Trinajstić information content (AvgIpc) is 3.54. The van der Waals surface area contributed by atoms with Gasteiger partial charge in [0.15, 0.2) is 16.6 Å². The summed E-state index contributed by atoms with van der Waals surface area (Å²) in [5.74, 6) is 1.97. The van der Waals surface area contributed by atoms with Crippen LogP contribution < -0.4 is 19.5 Å². The molecule has 1 fully saturated rings. The zero-order valence-corrected chi connectivity index (χ0v) is 20.5. The zero-order chi connectivity index (χ0) is 23.8. The maximum atomic E-state index is 12.5. The van der Waals surface area contributed by atoms with Gasteiger partial charge in [0.2, 0.25) is 5.91 Å². The molecule has 8 heteroatoms. The maximum absolute atomic E-state index is 12.5. The second-order valence-electron chi connectivity index (χ2n) is 8.22. The first-order chi connectivity index (χ1) is 16.6. The molecule has 1 aliphatic heterocycles.